The molecule has 0 heterocycles. The van der Waals surface area contributed by atoms with Gasteiger partial charge in [-0.25, -0.2) is 0 Å². The molecule has 2 nitrogen and oxygen atoms in total. The normalized spacial score (nSPS) is 11.6. The highest BCUT2D eigenvalue weighted by atomic mass is 16.1. The van der Waals surface area contributed by atoms with Crippen LogP contribution in [0.5, 0.6) is 0 Å². The Morgan fingerprint density at radius 1 is 1.18 bits per heavy atom. The van der Waals surface area contributed by atoms with Crippen molar-refractivity contribution in [1.29, 1.82) is 0 Å². The second-order valence-corrected chi connectivity index (χ2v) is 3.56. The topological polar surface area (TPSA) is 20.3 Å². The summed E-state index contributed by atoms with van der Waals surface area (Å²) >= 11 is 0. The van der Waals surface area contributed by atoms with Crippen LogP contribution in [0.4, 0.5) is 0 Å². The Morgan fingerprint density at radius 3 is 1.64 bits per heavy atom. The lowest BCUT2D eigenvalue weighted by molar-refractivity contribution is -0.119. The van der Waals surface area contributed by atoms with Crippen molar-refractivity contribution in [2.45, 2.75) is 46.7 Å². The second-order valence-electron chi connectivity index (χ2n) is 3.56. The van der Waals surface area contributed by atoms with Crippen molar-refractivity contribution in [1.82, 2.24) is 4.90 Å². The Kier molecular flexibility index (Phi) is 4.34. The number of hydrogen-bond donors (Lipinski definition) is 0. The number of ketones is 1. The van der Waals surface area contributed by atoms with E-state index in [1.165, 1.54) is 0 Å². The number of carbonyl (C=O) groups is 1. The molecule has 0 aromatic heterocycles. The number of carbonyl (C=O) groups excluding carboxylic acids is 1. The van der Waals surface area contributed by atoms with E-state index in [4.69, 9.17) is 0 Å². The monoisotopic (exact) mass is 157 g/mol. The predicted molar refractivity (Wildman–Crippen MR) is 47.7 cm³/mol. The van der Waals surface area contributed by atoms with Crippen LogP contribution in [-0.2, 0) is 4.79 Å². The average molecular weight is 157 g/mol. The first-order chi connectivity index (χ1) is 4.95. The van der Waals surface area contributed by atoms with Crippen molar-refractivity contribution in [3.05, 3.63) is 0 Å². The Bertz CT molecular complexity index is 122. The van der Waals surface area contributed by atoms with E-state index in [9.17, 15) is 4.79 Å². The highest BCUT2D eigenvalue weighted by molar-refractivity contribution is 5.77. The van der Waals surface area contributed by atoms with E-state index in [0.717, 1.165) is 0 Å². The Morgan fingerprint density at radius 2 is 1.55 bits per heavy atom. The molecule has 2 heteroatoms. The highest BCUT2D eigenvalue weighted by Gasteiger charge is 2.14. The summed E-state index contributed by atoms with van der Waals surface area (Å²) in [4.78, 5) is 13.0. The Hall–Kier alpha value is -0.370. The fraction of sp³-hybridized carbons (Fsp3) is 0.889. The van der Waals surface area contributed by atoms with Crippen LogP contribution in [0.1, 0.15) is 34.6 Å². The van der Waals surface area contributed by atoms with E-state index in [0.29, 0.717) is 18.6 Å². The zero-order chi connectivity index (χ0) is 9.02. The molecule has 0 aliphatic rings. The fourth-order valence-electron chi connectivity index (χ4n) is 1.22. The molecule has 0 aromatic carbocycles. The van der Waals surface area contributed by atoms with Crippen molar-refractivity contribution < 1.29 is 4.79 Å². The molecule has 0 radical (unpaired) electrons. The minimum atomic E-state index is 0.243. The standard InChI is InChI=1S/C9H19NO/c1-7(2)10(8(3)4)6-9(5)11/h7-8H,6H2,1-5H3. The first kappa shape index (κ1) is 10.6. The Balaban J connectivity index is 4.00. The summed E-state index contributed by atoms with van der Waals surface area (Å²) in [5.74, 6) is 0.243. The molecule has 0 amide bonds. The average Bonchev–Trinajstić information content (AvgIpc) is 1.81. The van der Waals surface area contributed by atoms with Crippen molar-refractivity contribution in [2.75, 3.05) is 6.54 Å². The molecule has 11 heavy (non-hydrogen) atoms. The van der Waals surface area contributed by atoms with Crippen molar-refractivity contribution in [3.8, 4) is 0 Å². The maximum Gasteiger partial charge on any atom is 0.143 e. The summed E-state index contributed by atoms with van der Waals surface area (Å²) in [6.45, 7) is 10.7. The lowest BCUT2D eigenvalue weighted by Gasteiger charge is -2.29. The van der Waals surface area contributed by atoms with Crippen molar-refractivity contribution in [2.24, 2.45) is 0 Å². The molecule has 0 atom stereocenters. The third-order valence-corrected chi connectivity index (χ3v) is 1.73. The molecule has 0 saturated carbocycles. The lowest BCUT2D eigenvalue weighted by atomic mass is 10.2. The zero-order valence-corrected chi connectivity index (χ0v) is 8.22. The van der Waals surface area contributed by atoms with Crippen LogP contribution in [0.25, 0.3) is 0 Å². The summed E-state index contributed by atoms with van der Waals surface area (Å²) in [5, 5.41) is 0. The molecule has 0 bridgehead atoms. The van der Waals surface area contributed by atoms with E-state index < -0.39 is 0 Å². The van der Waals surface area contributed by atoms with Gasteiger partial charge in [-0.15, -0.1) is 0 Å². The molecule has 0 aliphatic carbocycles. The minimum Gasteiger partial charge on any atom is -0.299 e. The SMILES string of the molecule is CC(=O)CN(C(C)C)C(C)C. The van der Waals surface area contributed by atoms with Crippen LogP contribution >= 0.6 is 0 Å². The minimum absolute atomic E-state index is 0.243. The fourth-order valence-corrected chi connectivity index (χ4v) is 1.22. The molecule has 0 fully saturated rings. The third kappa shape index (κ3) is 4.14. The van der Waals surface area contributed by atoms with Gasteiger partial charge in [-0.1, -0.05) is 0 Å². The molecular formula is C9H19NO. The molecule has 0 unspecified atom stereocenters. The van der Waals surface area contributed by atoms with E-state index in [1.54, 1.807) is 6.92 Å². The van der Waals surface area contributed by atoms with Gasteiger partial charge in [-0.05, 0) is 34.6 Å². The number of rotatable bonds is 4. The molecule has 0 rings (SSSR count). The molecule has 0 N–H and O–H groups in total. The van der Waals surface area contributed by atoms with Gasteiger partial charge in [-0.2, -0.15) is 0 Å². The zero-order valence-electron chi connectivity index (χ0n) is 8.22. The van der Waals surface area contributed by atoms with Crippen molar-refractivity contribution in [3.63, 3.8) is 0 Å². The van der Waals surface area contributed by atoms with Gasteiger partial charge in [0, 0.05) is 12.1 Å². The number of Topliss-reactive ketones (excluding diaryl/α,β-unsaturated/α-hetero) is 1. The molecule has 0 aromatic rings. The first-order valence-corrected chi connectivity index (χ1v) is 4.20. The molecule has 0 spiro atoms. The van der Waals surface area contributed by atoms with Gasteiger partial charge < -0.3 is 0 Å². The van der Waals surface area contributed by atoms with E-state index in [-0.39, 0.29) is 5.78 Å². The van der Waals surface area contributed by atoms with Crippen LogP contribution in [0, 0.1) is 0 Å². The van der Waals surface area contributed by atoms with Crippen molar-refractivity contribution >= 4 is 5.78 Å². The molecule has 0 saturated heterocycles. The van der Waals surface area contributed by atoms with Gasteiger partial charge in [0.05, 0.1) is 6.54 Å². The van der Waals surface area contributed by atoms with E-state index >= 15 is 0 Å². The predicted octanol–water partition coefficient (Wildman–Crippen LogP) is 1.69. The first-order valence-electron chi connectivity index (χ1n) is 4.20. The largest absolute Gasteiger partial charge is 0.299 e. The van der Waals surface area contributed by atoms with Gasteiger partial charge in [0.15, 0.2) is 0 Å². The quantitative estimate of drug-likeness (QED) is 0.619. The van der Waals surface area contributed by atoms with Gasteiger partial charge in [0.2, 0.25) is 0 Å². The van der Waals surface area contributed by atoms with Crippen LogP contribution in [0.15, 0.2) is 0 Å². The summed E-state index contributed by atoms with van der Waals surface area (Å²) in [6.07, 6.45) is 0. The van der Waals surface area contributed by atoms with Gasteiger partial charge in [0.1, 0.15) is 5.78 Å². The lowest BCUT2D eigenvalue weighted by Crippen LogP contribution is -2.40. The Labute approximate surface area is 69.6 Å². The summed E-state index contributed by atoms with van der Waals surface area (Å²) in [5.41, 5.74) is 0. The smallest absolute Gasteiger partial charge is 0.143 e. The van der Waals surface area contributed by atoms with Gasteiger partial charge in [-0.3, -0.25) is 9.69 Å². The van der Waals surface area contributed by atoms with Crippen LogP contribution in [0.3, 0.4) is 0 Å². The molecule has 0 aliphatic heterocycles. The maximum atomic E-state index is 10.8. The maximum absolute atomic E-state index is 10.8. The van der Waals surface area contributed by atoms with Crippen LogP contribution in [-0.4, -0.2) is 29.3 Å². The molecular weight excluding hydrogens is 138 g/mol. The van der Waals surface area contributed by atoms with E-state index in [1.807, 2.05) is 0 Å². The number of hydrogen-bond acceptors (Lipinski definition) is 2. The van der Waals surface area contributed by atoms with E-state index in [2.05, 4.69) is 32.6 Å². The highest BCUT2D eigenvalue weighted by Crippen LogP contribution is 2.03. The summed E-state index contributed by atoms with van der Waals surface area (Å²) in [6, 6.07) is 0.915. The van der Waals surface area contributed by atoms with Crippen LogP contribution in [0.2, 0.25) is 0 Å². The van der Waals surface area contributed by atoms with Crippen LogP contribution < -0.4 is 0 Å². The summed E-state index contributed by atoms with van der Waals surface area (Å²) < 4.78 is 0. The molecule has 66 valence electrons. The van der Waals surface area contributed by atoms with Gasteiger partial charge >= 0.3 is 0 Å². The third-order valence-electron chi connectivity index (χ3n) is 1.73. The summed E-state index contributed by atoms with van der Waals surface area (Å²) in [7, 11) is 0. The number of nitrogens with zero attached hydrogens (tertiary/aromatic N) is 1. The second kappa shape index (κ2) is 4.50. The van der Waals surface area contributed by atoms with Gasteiger partial charge in [0.25, 0.3) is 0 Å².